The largest absolute Gasteiger partial charge is 0.497 e. The Hall–Kier alpha value is -2.18. The molecule has 2 amide bonds. The van der Waals surface area contributed by atoms with Crippen LogP contribution in [-0.4, -0.2) is 41.7 Å². The fraction of sp³-hybridized carbons (Fsp3) is 0.364. The van der Waals surface area contributed by atoms with Gasteiger partial charge in [0.15, 0.2) is 0 Å². The zero-order valence-electron chi connectivity index (χ0n) is 17.1. The molecule has 29 heavy (non-hydrogen) atoms. The van der Waals surface area contributed by atoms with Crippen molar-refractivity contribution in [2.24, 2.45) is 0 Å². The van der Waals surface area contributed by atoms with Gasteiger partial charge < -0.3 is 15.0 Å². The molecule has 1 unspecified atom stereocenters. The first-order valence-electron chi connectivity index (χ1n) is 9.41. The second-order valence-electron chi connectivity index (χ2n) is 6.96. The predicted octanol–water partition coefficient (Wildman–Crippen LogP) is 4.38. The lowest BCUT2D eigenvalue weighted by atomic mass is 10.1. The zero-order valence-corrected chi connectivity index (χ0v) is 18.7. The summed E-state index contributed by atoms with van der Waals surface area (Å²) in [6.07, 6.45) is 0. The Bertz CT molecular complexity index is 827. The number of thioether (sulfide) groups is 1. The topological polar surface area (TPSA) is 58.6 Å². The third kappa shape index (κ3) is 7.29. The molecule has 0 fully saturated rings. The van der Waals surface area contributed by atoms with Crippen LogP contribution in [0.1, 0.15) is 26.3 Å². The molecule has 5 nitrogen and oxygen atoms in total. The lowest BCUT2D eigenvalue weighted by Crippen LogP contribution is -2.49. The van der Waals surface area contributed by atoms with E-state index in [0.29, 0.717) is 17.3 Å². The molecular formula is C22H27ClN2O3S. The van der Waals surface area contributed by atoms with E-state index >= 15 is 0 Å². The number of rotatable bonds is 9. The summed E-state index contributed by atoms with van der Waals surface area (Å²) in [5.74, 6) is 0.655. The Kier molecular flexibility index (Phi) is 8.86. The maximum absolute atomic E-state index is 13.0. The summed E-state index contributed by atoms with van der Waals surface area (Å²) >= 11 is 7.34. The molecule has 0 aliphatic carbocycles. The van der Waals surface area contributed by atoms with Gasteiger partial charge in [-0.15, -0.1) is 11.8 Å². The number of nitrogens with zero attached hydrogens (tertiary/aromatic N) is 1. The highest BCUT2D eigenvalue weighted by atomic mass is 35.5. The van der Waals surface area contributed by atoms with Gasteiger partial charge in [0.05, 0.1) is 12.9 Å². The average Bonchev–Trinajstić information content (AvgIpc) is 2.70. The molecule has 0 heterocycles. The van der Waals surface area contributed by atoms with E-state index in [4.69, 9.17) is 16.3 Å². The Morgan fingerprint density at radius 2 is 1.83 bits per heavy atom. The Balaban J connectivity index is 2.16. The average molecular weight is 435 g/mol. The Morgan fingerprint density at radius 1 is 1.14 bits per heavy atom. The quantitative estimate of drug-likeness (QED) is 0.595. The van der Waals surface area contributed by atoms with E-state index < -0.39 is 6.04 Å². The number of carbonyl (C=O) groups is 2. The zero-order chi connectivity index (χ0) is 21.4. The third-order valence-electron chi connectivity index (χ3n) is 4.26. The minimum absolute atomic E-state index is 0.00200. The van der Waals surface area contributed by atoms with E-state index in [1.54, 1.807) is 31.1 Å². The number of hydrogen-bond acceptors (Lipinski definition) is 4. The maximum atomic E-state index is 13.0. The number of hydrogen-bond donors (Lipinski definition) is 1. The van der Waals surface area contributed by atoms with Crippen molar-refractivity contribution < 1.29 is 14.3 Å². The number of ether oxygens (including phenoxy) is 1. The van der Waals surface area contributed by atoms with Gasteiger partial charge in [0.25, 0.3) is 0 Å². The summed E-state index contributed by atoms with van der Waals surface area (Å²) in [4.78, 5) is 28.2. The van der Waals surface area contributed by atoms with Crippen LogP contribution >= 0.6 is 23.4 Å². The van der Waals surface area contributed by atoms with Crippen LogP contribution in [0.4, 0.5) is 0 Å². The van der Waals surface area contributed by atoms with Crippen LogP contribution in [0.3, 0.4) is 0 Å². The summed E-state index contributed by atoms with van der Waals surface area (Å²) in [6, 6.07) is 14.3. The lowest BCUT2D eigenvalue weighted by Gasteiger charge is -2.29. The van der Waals surface area contributed by atoms with Crippen molar-refractivity contribution >= 4 is 35.2 Å². The minimum atomic E-state index is -0.595. The molecule has 0 bridgehead atoms. The normalized spacial score (nSPS) is 11.8. The summed E-state index contributed by atoms with van der Waals surface area (Å²) in [7, 11) is 1.60. The minimum Gasteiger partial charge on any atom is -0.497 e. The van der Waals surface area contributed by atoms with Crippen molar-refractivity contribution in [1.82, 2.24) is 10.2 Å². The molecule has 0 radical (unpaired) electrons. The molecule has 0 aliphatic rings. The first kappa shape index (κ1) is 23.1. The molecular weight excluding hydrogens is 408 g/mol. The molecule has 1 atom stereocenters. The van der Waals surface area contributed by atoms with Gasteiger partial charge in [0.1, 0.15) is 11.8 Å². The predicted molar refractivity (Wildman–Crippen MR) is 118 cm³/mol. The molecule has 1 N–H and O–H groups in total. The highest BCUT2D eigenvalue weighted by Gasteiger charge is 2.26. The fourth-order valence-electron chi connectivity index (χ4n) is 2.71. The number of halogens is 1. The van der Waals surface area contributed by atoms with Gasteiger partial charge in [-0.1, -0.05) is 23.7 Å². The van der Waals surface area contributed by atoms with Crippen molar-refractivity contribution in [3.8, 4) is 5.75 Å². The number of methoxy groups -OCH3 is 1. The second kappa shape index (κ2) is 11.1. The molecule has 2 aromatic carbocycles. The lowest BCUT2D eigenvalue weighted by molar-refractivity contribution is -0.138. The SMILES string of the molecule is COc1cccc(CN(C(=O)CSc2ccc(Cl)cc2)C(C)C(=O)NC(C)C)c1. The van der Waals surface area contributed by atoms with Crippen LogP contribution in [0.5, 0.6) is 5.75 Å². The van der Waals surface area contributed by atoms with Gasteiger partial charge in [0, 0.05) is 22.5 Å². The van der Waals surface area contributed by atoms with Crippen molar-refractivity contribution in [3.63, 3.8) is 0 Å². The molecule has 0 aromatic heterocycles. The van der Waals surface area contributed by atoms with Crippen LogP contribution in [0, 0.1) is 0 Å². The van der Waals surface area contributed by atoms with Crippen molar-refractivity contribution in [3.05, 3.63) is 59.1 Å². The highest BCUT2D eigenvalue weighted by Crippen LogP contribution is 2.22. The van der Waals surface area contributed by atoms with Crippen molar-refractivity contribution in [2.75, 3.05) is 12.9 Å². The van der Waals surface area contributed by atoms with Gasteiger partial charge in [-0.25, -0.2) is 0 Å². The second-order valence-corrected chi connectivity index (χ2v) is 8.44. The molecule has 156 valence electrons. The molecule has 2 aromatic rings. The standard InChI is InChI=1S/C22H27ClN2O3S/c1-15(2)24-22(27)16(3)25(13-17-6-5-7-19(12-17)28-4)21(26)14-29-20-10-8-18(23)9-11-20/h5-12,15-16H,13-14H2,1-4H3,(H,24,27). The molecule has 0 spiro atoms. The Labute approximate surface area is 181 Å². The van der Waals surface area contributed by atoms with Gasteiger partial charge in [-0.05, 0) is 62.7 Å². The number of benzene rings is 2. The molecule has 0 aliphatic heterocycles. The van der Waals surface area contributed by atoms with Gasteiger partial charge in [-0.3, -0.25) is 9.59 Å². The van der Waals surface area contributed by atoms with Crippen molar-refractivity contribution in [1.29, 1.82) is 0 Å². The van der Waals surface area contributed by atoms with E-state index in [-0.39, 0.29) is 23.6 Å². The van der Waals surface area contributed by atoms with Crippen LogP contribution in [0.15, 0.2) is 53.4 Å². The van der Waals surface area contributed by atoms with E-state index in [2.05, 4.69) is 5.32 Å². The molecule has 0 saturated heterocycles. The van der Waals surface area contributed by atoms with E-state index in [9.17, 15) is 9.59 Å². The van der Waals surface area contributed by atoms with Gasteiger partial charge in [-0.2, -0.15) is 0 Å². The fourth-order valence-corrected chi connectivity index (χ4v) is 3.62. The Morgan fingerprint density at radius 3 is 2.45 bits per heavy atom. The van der Waals surface area contributed by atoms with Crippen LogP contribution in [-0.2, 0) is 16.1 Å². The number of nitrogens with one attached hydrogen (secondary N) is 1. The first-order chi connectivity index (χ1) is 13.8. The highest BCUT2D eigenvalue weighted by molar-refractivity contribution is 8.00. The smallest absolute Gasteiger partial charge is 0.242 e. The molecule has 7 heteroatoms. The van der Waals surface area contributed by atoms with Crippen molar-refractivity contribution in [2.45, 2.75) is 44.3 Å². The van der Waals surface area contributed by atoms with E-state index in [0.717, 1.165) is 10.5 Å². The van der Waals surface area contributed by atoms with Crippen LogP contribution in [0.2, 0.25) is 5.02 Å². The summed E-state index contributed by atoms with van der Waals surface area (Å²) in [6.45, 7) is 5.87. The van der Waals surface area contributed by atoms with Crippen LogP contribution in [0.25, 0.3) is 0 Å². The van der Waals surface area contributed by atoms with Crippen LogP contribution < -0.4 is 10.1 Å². The third-order valence-corrected chi connectivity index (χ3v) is 5.51. The van der Waals surface area contributed by atoms with E-state index in [1.165, 1.54) is 11.8 Å². The summed E-state index contributed by atoms with van der Waals surface area (Å²) < 4.78 is 5.27. The van der Waals surface area contributed by atoms with Gasteiger partial charge in [0.2, 0.25) is 11.8 Å². The van der Waals surface area contributed by atoms with Gasteiger partial charge >= 0.3 is 0 Å². The molecule has 0 saturated carbocycles. The van der Waals surface area contributed by atoms with E-state index in [1.807, 2.05) is 50.2 Å². The maximum Gasteiger partial charge on any atom is 0.242 e. The summed E-state index contributed by atoms with van der Waals surface area (Å²) in [5.41, 5.74) is 0.901. The number of carbonyl (C=O) groups excluding carboxylic acids is 2. The summed E-state index contributed by atoms with van der Waals surface area (Å²) in [5, 5.41) is 3.54. The first-order valence-corrected chi connectivity index (χ1v) is 10.8. The molecule has 2 rings (SSSR count). The number of amides is 2. The monoisotopic (exact) mass is 434 g/mol.